The molecule has 6 heteroatoms. The molecule has 4 nitrogen and oxygen atoms in total. The van der Waals surface area contributed by atoms with Crippen molar-refractivity contribution in [3.8, 4) is 0 Å². The second kappa shape index (κ2) is 5.77. The zero-order valence-electron chi connectivity index (χ0n) is 10.00. The number of rotatable bonds is 4. The molecular formula is C12H16F2N4. The average molecular weight is 254 g/mol. The molecule has 0 radical (unpaired) electrons. The number of hydrogen-bond acceptors (Lipinski definition) is 2. The van der Waals surface area contributed by atoms with E-state index in [0.29, 0.717) is 6.54 Å². The molecule has 1 fully saturated rings. The average Bonchev–Trinajstić information content (AvgIpc) is 2.27. The summed E-state index contributed by atoms with van der Waals surface area (Å²) in [6.07, 6.45) is 1.23. The number of benzene rings is 1. The van der Waals surface area contributed by atoms with Gasteiger partial charge >= 0.3 is 0 Å². The van der Waals surface area contributed by atoms with Crippen molar-refractivity contribution in [2.45, 2.75) is 6.42 Å². The molecule has 0 amide bonds. The molecule has 3 N–H and O–H groups in total. The fourth-order valence-corrected chi connectivity index (χ4v) is 1.69. The topological polar surface area (TPSA) is 53.6 Å². The molecular weight excluding hydrogens is 238 g/mol. The van der Waals surface area contributed by atoms with Crippen LogP contribution in [0.4, 0.5) is 14.5 Å². The van der Waals surface area contributed by atoms with E-state index in [4.69, 9.17) is 5.73 Å². The Labute approximate surface area is 104 Å². The number of anilines is 1. The minimum atomic E-state index is -0.558. The highest BCUT2D eigenvalue weighted by molar-refractivity contribution is 5.92. The van der Waals surface area contributed by atoms with Crippen molar-refractivity contribution >= 4 is 11.6 Å². The lowest BCUT2D eigenvalue weighted by atomic mass is 10.2. The minimum Gasteiger partial charge on any atom is -0.370 e. The number of nitrogens with two attached hydrogens (primary N) is 1. The molecule has 1 heterocycles. The van der Waals surface area contributed by atoms with Gasteiger partial charge in [0.05, 0.1) is 12.2 Å². The Morgan fingerprint density at radius 1 is 1.39 bits per heavy atom. The zero-order chi connectivity index (χ0) is 13.0. The maximum Gasteiger partial charge on any atom is 0.193 e. The van der Waals surface area contributed by atoms with Gasteiger partial charge in [-0.05, 0) is 31.6 Å². The Bertz CT molecular complexity index is 444. The third-order valence-corrected chi connectivity index (χ3v) is 2.84. The third kappa shape index (κ3) is 3.40. The molecule has 0 aliphatic carbocycles. The van der Waals surface area contributed by atoms with E-state index < -0.39 is 11.6 Å². The number of aliphatic imine (C=N–C) groups is 1. The van der Waals surface area contributed by atoms with Gasteiger partial charge in [-0.25, -0.2) is 8.78 Å². The first kappa shape index (κ1) is 12.8. The molecule has 0 aromatic heterocycles. The van der Waals surface area contributed by atoms with E-state index in [9.17, 15) is 8.78 Å². The highest BCUT2D eigenvalue weighted by Gasteiger charge is 2.12. The van der Waals surface area contributed by atoms with E-state index in [1.54, 1.807) is 0 Å². The number of nitrogens with one attached hydrogen (secondary N) is 1. The maximum absolute atomic E-state index is 13.3. The predicted octanol–water partition coefficient (Wildman–Crippen LogP) is 1.40. The van der Waals surface area contributed by atoms with Crippen molar-refractivity contribution in [2.24, 2.45) is 10.7 Å². The predicted molar refractivity (Wildman–Crippen MR) is 67.5 cm³/mol. The van der Waals surface area contributed by atoms with Crippen molar-refractivity contribution in [2.75, 3.05) is 31.5 Å². The minimum absolute atomic E-state index is 0.000185. The molecule has 18 heavy (non-hydrogen) atoms. The lowest BCUT2D eigenvalue weighted by Gasteiger charge is -2.29. The van der Waals surface area contributed by atoms with Crippen molar-refractivity contribution in [3.05, 3.63) is 29.8 Å². The van der Waals surface area contributed by atoms with Crippen LogP contribution in [0.1, 0.15) is 6.42 Å². The Hall–Kier alpha value is -1.69. The molecule has 1 aromatic rings. The van der Waals surface area contributed by atoms with Crippen molar-refractivity contribution in [1.29, 1.82) is 0 Å². The first-order valence-corrected chi connectivity index (χ1v) is 5.89. The van der Waals surface area contributed by atoms with Crippen LogP contribution in [0.25, 0.3) is 0 Å². The largest absolute Gasteiger partial charge is 0.370 e. The lowest BCUT2D eigenvalue weighted by Crippen LogP contribution is -2.39. The SMILES string of the molecule is NC(=NCCN1CCC1)Nc1cc(F)ccc1F. The van der Waals surface area contributed by atoms with Crippen LogP contribution in [-0.4, -0.2) is 37.0 Å². The number of halogens is 2. The Morgan fingerprint density at radius 3 is 2.83 bits per heavy atom. The zero-order valence-corrected chi connectivity index (χ0v) is 10.00. The van der Waals surface area contributed by atoms with Crippen LogP contribution < -0.4 is 11.1 Å². The van der Waals surface area contributed by atoms with E-state index in [-0.39, 0.29) is 11.6 Å². The summed E-state index contributed by atoms with van der Waals surface area (Å²) in [5.74, 6) is -0.982. The molecule has 0 saturated carbocycles. The number of likely N-dealkylation sites (tertiary alicyclic amines) is 1. The highest BCUT2D eigenvalue weighted by atomic mass is 19.1. The fraction of sp³-hybridized carbons (Fsp3) is 0.417. The van der Waals surface area contributed by atoms with Crippen LogP contribution in [-0.2, 0) is 0 Å². The summed E-state index contributed by atoms with van der Waals surface area (Å²) in [5, 5.41) is 2.56. The van der Waals surface area contributed by atoms with Crippen LogP contribution in [0, 0.1) is 11.6 Å². The van der Waals surface area contributed by atoms with Crippen LogP contribution in [0.3, 0.4) is 0 Å². The summed E-state index contributed by atoms with van der Waals surface area (Å²) >= 11 is 0. The Balaban J connectivity index is 1.86. The van der Waals surface area contributed by atoms with E-state index in [1.807, 2.05) is 0 Å². The highest BCUT2D eigenvalue weighted by Crippen LogP contribution is 2.14. The van der Waals surface area contributed by atoms with Crippen molar-refractivity contribution < 1.29 is 8.78 Å². The number of guanidine groups is 1. The van der Waals surface area contributed by atoms with Crippen LogP contribution in [0.15, 0.2) is 23.2 Å². The van der Waals surface area contributed by atoms with E-state index >= 15 is 0 Å². The van der Waals surface area contributed by atoms with Gasteiger partial charge in [0.2, 0.25) is 0 Å². The van der Waals surface area contributed by atoms with Gasteiger partial charge in [-0.15, -0.1) is 0 Å². The summed E-state index contributed by atoms with van der Waals surface area (Å²) in [7, 11) is 0. The van der Waals surface area contributed by atoms with Gasteiger partial charge in [-0.3, -0.25) is 4.99 Å². The van der Waals surface area contributed by atoms with Crippen LogP contribution >= 0.6 is 0 Å². The molecule has 0 unspecified atom stereocenters. The Kier molecular flexibility index (Phi) is 4.09. The molecule has 1 aliphatic rings. The molecule has 2 rings (SSSR count). The van der Waals surface area contributed by atoms with Gasteiger partial charge in [0.25, 0.3) is 0 Å². The summed E-state index contributed by atoms with van der Waals surface area (Å²) in [4.78, 5) is 6.31. The Morgan fingerprint density at radius 2 is 2.17 bits per heavy atom. The molecule has 0 spiro atoms. The summed E-state index contributed by atoms with van der Waals surface area (Å²) in [5.41, 5.74) is 5.60. The second-order valence-electron chi connectivity index (χ2n) is 4.21. The first-order valence-electron chi connectivity index (χ1n) is 5.89. The van der Waals surface area contributed by atoms with Crippen LogP contribution in [0.2, 0.25) is 0 Å². The summed E-state index contributed by atoms with van der Waals surface area (Å²) in [6.45, 7) is 3.59. The van der Waals surface area contributed by atoms with Gasteiger partial charge in [0.1, 0.15) is 11.6 Å². The smallest absolute Gasteiger partial charge is 0.193 e. The standard InChI is InChI=1S/C12H16F2N4/c13-9-2-3-10(14)11(8-9)17-12(15)16-4-7-18-5-1-6-18/h2-3,8H,1,4-7H2,(H3,15,16,17). The third-order valence-electron chi connectivity index (χ3n) is 2.84. The summed E-state index contributed by atoms with van der Waals surface area (Å²) in [6, 6.07) is 3.15. The normalized spacial score (nSPS) is 16.4. The van der Waals surface area contributed by atoms with Gasteiger partial charge in [0.15, 0.2) is 5.96 Å². The monoisotopic (exact) mass is 254 g/mol. The maximum atomic E-state index is 13.3. The molecule has 0 bridgehead atoms. The molecule has 1 aromatic carbocycles. The molecule has 1 saturated heterocycles. The second-order valence-corrected chi connectivity index (χ2v) is 4.21. The fourth-order valence-electron chi connectivity index (χ4n) is 1.69. The molecule has 0 atom stereocenters. The van der Waals surface area contributed by atoms with Gasteiger partial charge < -0.3 is 16.0 Å². The van der Waals surface area contributed by atoms with E-state index in [1.165, 1.54) is 6.42 Å². The first-order chi connectivity index (χ1) is 8.65. The van der Waals surface area contributed by atoms with Crippen molar-refractivity contribution in [1.82, 2.24) is 4.90 Å². The molecule has 1 aliphatic heterocycles. The molecule has 98 valence electrons. The van der Waals surface area contributed by atoms with Gasteiger partial charge in [0, 0.05) is 12.6 Å². The van der Waals surface area contributed by atoms with E-state index in [0.717, 1.165) is 37.8 Å². The van der Waals surface area contributed by atoms with Gasteiger partial charge in [-0.2, -0.15) is 0 Å². The number of nitrogens with zero attached hydrogens (tertiary/aromatic N) is 2. The summed E-state index contributed by atoms with van der Waals surface area (Å²) < 4.78 is 26.2. The van der Waals surface area contributed by atoms with E-state index in [2.05, 4.69) is 15.2 Å². The quantitative estimate of drug-likeness (QED) is 0.630. The van der Waals surface area contributed by atoms with Crippen molar-refractivity contribution in [3.63, 3.8) is 0 Å². The lowest BCUT2D eigenvalue weighted by molar-refractivity contribution is 0.187. The number of hydrogen-bond donors (Lipinski definition) is 2. The van der Waals surface area contributed by atoms with Gasteiger partial charge in [-0.1, -0.05) is 0 Å². The van der Waals surface area contributed by atoms with Crippen LogP contribution in [0.5, 0.6) is 0 Å².